The predicted octanol–water partition coefficient (Wildman–Crippen LogP) is 17.4. The summed E-state index contributed by atoms with van der Waals surface area (Å²) in [6.45, 7) is 13.5. The zero-order valence-corrected chi connectivity index (χ0v) is 40.4. The van der Waals surface area contributed by atoms with Gasteiger partial charge in [-0.2, -0.15) is 0 Å². The number of anilines is 4. The molecular formula is C64H58N4O. The summed E-state index contributed by atoms with van der Waals surface area (Å²) in [6, 6.07) is 65.8. The van der Waals surface area contributed by atoms with Gasteiger partial charge in [0.15, 0.2) is 0 Å². The van der Waals surface area contributed by atoms with Crippen LogP contribution in [0.3, 0.4) is 0 Å². The van der Waals surface area contributed by atoms with Gasteiger partial charge in [0.2, 0.25) is 0 Å². The van der Waals surface area contributed by atoms with Crippen molar-refractivity contribution in [2.24, 2.45) is 0 Å². The number of aromatic nitrogens is 2. The second-order valence-corrected chi connectivity index (χ2v) is 20.5. The van der Waals surface area contributed by atoms with E-state index in [-0.39, 0.29) is 10.8 Å². The van der Waals surface area contributed by atoms with E-state index in [4.69, 9.17) is 13.8 Å². The maximum Gasteiger partial charge on any atom is 0.138 e. The van der Waals surface area contributed by atoms with Crippen molar-refractivity contribution in [3.63, 3.8) is 0 Å². The first kappa shape index (κ1) is 40.2. The van der Waals surface area contributed by atoms with Gasteiger partial charge in [-0.1, -0.05) is 145 Å². The van der Waals surface area contributed by atoms with Crippen LogP contribution in [0.2, 0.25) is 0 Å². The van der Waals surface area contributed by atoms with Gasteiger partial charge in [0, 0.05) is 44.6 Å². The highest BCUT2D eigenvalue weighted by molar-refractivity contribution is 6.11. The molecular weight excluding hydrogens is 841 g/mol. The van der Waals surface area contributed by atoms with Crippen molar-refractivity contribution < 1.29 is 8.85 Å². The number of para-hydroxylation sites is 2. The summed E-state index contributed by atoms with van der Waals surface area (Å²) in [5.41, 5.74) is 15.7. The lowest BCUT2D eigenvalue weighted by Gasteiger charge is -2.26. The molecule has 1 aliphatic rings. The average Bonchev–Trinajstić information content (AvgIpc) is 3.92. The van der Waals surface area contributed by atoms with Gasteiger partial charge in [-0.25, -0.2) is 4.98 Å². The highest BCUT2D eigenvalue weighted by atomic mass is 16.5. The SMILES string of the molecule is [2H]C([2H])([2H])c1cc(C(C)(C)C)cc(C)c1-c1ccnc(-n2c3ccc(-c4ccccc4)cc3c3ccc(Oc4cccc(N5CN(c6cc(-c7ccccc7)cc(C(C)(C)C)c6)c6ccccc65)c4)cc32)c1. The number of aryl methyl sites for hydroxylation is 2. The smallest absolute Gasteiger partial charge is 0.138 e. The number of nitrogens with zero attached hydrogens (tertiary/aromatic N) is 4. The Hall–Kier alpha value is -7.89. The minimum absolute atomic E-state index is 0.0450. The molecule has 0 aliphatic carbocycles. The van der Waals surface area contributed by atoms with Crippen molar-refractivity contribution >= 4 is 44.6 Å². The topological polar surface area (TPSA) is 33.5 Å². The van der Waals surface area contributed by atoms with E-state index >= 15 is 0 Å². The highest BCUT2D eigenvalue weighted by Crippen LogP contribution is 2.47. The fraction of sp³-hybridized carbons (Fsp3) is 0.172. The molecule has 69 heavy (non-hydrogen) atoms. The summed E-state index contributed by atoms with van der Waals surface area (Å²) in [5, 5.41) is 2.12. The minimum atomic E-state index is -2.32. The Morgan fingerprint density at radius 2 is 1.13 bits per heavy atom. The van der Waals surface area contributed by atoms with E-state index in [0.717, 1.165) is 72.4 Å². The van der Waals surface area contributed by atoms with E-state index in [1.807, 2.05) is 43.3 Å². The molecule has 0 unspecified atom stereocenters. The largest absolute Gasteiger partial charge is 0.457 e. The molecule has 5 heteroatoms. The third-order valence-electron chi connectivity index (χ3n) is 13.6. The Morgan fingerprint density at radius 1 is 0.478 bits per heavy atom. The molecule has 0 fully saturated rings. The number of ether oxygens (including phenoxy) is 1. The molecule has 11 rings (SSSR count). The normalized spacial score (nSPS) is 13.6. The number of hydrogen-bond acceptors (Lipinski definition) is 4. The van der Waals surface area contributed by atoms with E-state index in [1.54, 1.807) is 6.20 Å². The van der Waals surface area contributed by atoms with Crippen LogP contribution in [0.1, 0.15) is 67.9 Å². The second-order valence-electron chi connectivity index (χ2n) is 20.5. The first-order valence-corrected chi connectivity index (χ1v) is 23.9. The van der Waals surface area contributed by atoms with Crippen LogP contribution in [0.15, 0.2) is 194 Å². The standard InChI is InChI=1S/C64H58N4O/c1-42-32-49(63(3,4)5)33-43(2)62(42)47-30-31-65-61(37-47)68-57-29-26-46(44-18-11-9-12-19-44)36-56(57)55-28-27-54(40-60(55)68)69-53-23-17-22-51(39-53)66-41-67(59-25-16-15-24-58(59)66)52-35-48(45-20-13-10-14-21-45)34-50(38-52)64(6,7)8/h9-40H,41H2,1-8H3/i1D3. The minimum Gasteiger partial charge on any atom is -0.457 e. The molecule has 2 aromatic heterocycles. The maximum absolute atomic E-state index is 8.67. The van der Waals surface area contributed by atoms with Crippen molar-refractivity contribution in [2.75, 3.05) is 16.5 Å². The fourth-order valence-corrected chi connectivity index (χ4v) is 9.92. The van der Waals surface area contributed by atoms with Crippen LogP contribution in [-0.2, 0) is 10.8 Å². The van der Waals surface area contributed by atoms with E-state index in [9.17, 15) is 0 Å². The quantitative estimate of drug-likeness (QED) is 0.152. The van der Waals surface area contributed by atoms with Gasteiger partial charge < -0.3 is 14.5 Å². The van der Waals surface area contributed by atoms with E-state index < -0.39 is 6.85 Å². The first-order valence-electron chi connectivity index (χ1n) is 25.4. The molecule has 0 amide bonds. The molecule has 3 heterocycles. The highest BCUT2D eigenvalue weighted by Gasteiger charge is 2.30. The van der Waals surface area contributed by atoms with Crippen LogP contribution >= 0.6 is 0 Å². The monoisotopic (exact) mass is 901 g/mol. The molecule has 1 aliphatic heterocycles. The Morgan fingerprint density at radius 3 is 1.84 bits per heavy atom. The number of hydrogen-bond donors (Lipinski definition) is 0. The molecule has 0 radical (unpaired) electrons. The maximum atomic E-state index is 8.67. The molecule has 5 nitrogen and oxygen atoms in total. The van der Waals surface area contributed by atoms with E-state index in [2.05, 4.69) is 208 Å². The number of pyridine rings is 1. The third kappa shape index (κ3) is 8.22. The molecule has 0 atom stereocenters. The second kappa shape index (κ2) is 17.0. The van der Waals surface area contributed by atoms with Gasteiger partial charge in [-0.05, 0) is 153 Å². The first-order chi connectivity index (χ1) is 34.5. The Labute approximate surface area is 411 Å². The molecule has 0 saturated heterocycles. The lowest BCUT2D eigenvalue weighted by Crippen LogP contribution is -2.24. The van der Waals surface area contributed by atoms with Crippen LogP contribution < -0.4 is 14.5 Å². The van der Waals surface area contributed by atoms with Gasteiger partial charge in [-0.15, -0.1) is 0 Å². The van der Waals surface area contributed by atoms with Crippen LogP contribution in [0, 0.1) is 13.8 Å². The zero-order chi connectivity index (χ0) is 50.1. The lowest BCUT2D eigenvalue weighted by atomic mass is 9.83. The van der Waals surface area contributed by atoms with Crippen molar-refractivity contribution in [3.05, 3.63) is 217 Å². The predicted molar refractivity (Wildman–Crippen MR) is 290 cm³/mol. The number of rotatable bonds is 8. The molecule has 10 aromatic rings. The van der Waals surface area contributed by atoms with Crippen LogP contribution in [-0.4, -0.2) is 16.2 Å². The molecule has 0 spiro atoms. The summed E-state index contributed by atoms with van der Waals surface area (Å²) in [7, 11) is 0. The van der Waals surface area contributed by atoms with Crippen molar-refractivity contribution in [3.8, 4) is 50.7 Å². The van der Waals surface area contributed by atoms with Crippen molar-refractivity contribution in [1.29, 1.82) is 0 Å². The molecule has 0 bridgehead atoms. The lowest BCUT2D eigenvalue weighted by molar-refractivity contribution is 0.483. The average molecular weight is 902 g/mol. The van der Waals surface area contributed by atoms with E-state index in [1.165, 1.54) is 16.7 Å². The summed E-state index contributed by atoms with van der Waals surface area (Å²) in [6.07, 6.45) is 1.79. The number of benzene rings is 8. The summed E-state index contributed by atoms with van der Waals surface area (Å²) < 4.78 is 35.0. The Balaban J connectivity index is 0.986. The van der Waals surface area contributed by atoms with Gasteiger partial charge >= 0.3 is 0 Å². The molecule has 0 N–H and O–H groups in total. The zero-order valence-electron chi connectivity index (χ0n) is 43.4. The van der Waals surface area contributed by atoms with Crippen LogP contribution in [0.25, 0.3) is 61.0 Å². The van der Waals surface area contributed by atoms with Gasteiger partial charge in [0.25, 0.3) is 0 Å². The van der Waals surface area contributed by atoms with Crippen molar-refractivity contribution in [2.45, 2.75) is 66.1 Å². The molecule has 340 valence electrons. The van der Waals surface area contributed by atoms with Gasteiger partial charge in [-0.3, -0.25) is 4.57 Å². The van der Waals surface area contributed by atoms with Crippen molar-refractivity contribution in [1.82, 2.24) is 9.55 Å². The van der Waals surface area contributed by atoms with Crippen LogP contribution in [0.4, 0.5) is 22.7 Å². The summed E-state index contributed by atoms with van der Waals surface area (Å²) >= 11 is 0. The summed E-state index contributed by atoms with van der Waals surface area (Å²) in [4.78, 5) is 9.76. The number of fused-ring (bicyclic) bond motifs is 4. The van der Waals surface area contributed by atoms with Crippen LogP contribution in [0.5, 0.6) is 11.5 Å². The Bertz CT molecular complexity index is 3680. The molecule has 8 aromatic carbocycles. The fourth-order valence-electron chi connectivity index (χ4n) is 9.92. The van der Waals surface area contributed by atoms with E-state index in [0.29, 0.717) is 35.1 Å². The van der Waals surface area contributed by atoms with Gasteiger partial charge in [0.05, 0.1) is 22.4 Å². The molecule has 0 saturated carbocycles. The third-order valence-corrected chi connectivity index (χ3v) is 13.6. The van der Waals surface area contributed by atoms with Gasteiger partial charge in [0.1, 0.15) is 24.0 Å². The Kier molecular flexibility index (Phi) is 9.91. The summed E-state index contributed by atoms with van der Waals surface area (Å²) in [5.74, 6) is 2.07.